The maximum Gasteiger partial charge on any atom is 0.199 e. The van der Waals surface area contributed by atoms with Crippen molar-refractivity contribution in [3.05, 3.63) is 95.6 Å². The van der Waals surface area contributed by atoms with Gasteiger partial charge in [0, 0.05) is 28.2 Å². The van der Waals surface area contributed by atoms with Crippen LogP contribution in [-0.4, -0.2) is 19.9 Å². The van der Waals surface area contributed by atoms with Gasteiger partial charge in [-0.05, 0) is 72.4 Å². The summed E-state index contributed by atoms with van der Waals surface area (Å²) in [6.45, 7) is 12.9. The highest BCUT2D eigenvalue weighted by molar-refractivity contribution is 5.83. The highest BCUT2D eigenvalue weighted by Crippen LogP contribution is 2.55. The molecule has 51 heavy (non-hydrogen) atoms. The van der Waals surface area contributed by atoms with Crippen LogP contribution in [-0.2, 0) is 10.8 Å². The van der Waals surface area contributed by atoms with Crippen LogP contribution in [0.3, 0.4) is 0 Å². The predicted octanol–water partition coefficient (Wildman–Crippen LogP) is 13.2. The molecule has 2 aromatic carbocycles. The topological polar surface area (TPSA) is 64.7 Å². The molecule has 3 aromatic heterocycles. The van der Waals surface area contributed by atoms with Crippen molar-refractivity contribution < 1.29 is 4.42 Å². The van der Waals surface area contributed by atoms with Crippen molar-refractivity contribution in [3.8, 4) is 45.4 Å². The van der Waals surface area contributed by atoms with E-state index in [2.05, 4.69) is 89.2 Å². The molecule has 0 bridgehead atoms. The molecule has 6 rings (SSSR count). The van der Waals surface area contributed by atoms with E-state index in [1.54, 1.807) is 0 Å². The van der Waals surface area contributed by atoms with Crippen LogP contribution in [0.5, 0.6) is 0 Å². The van der Waals surface area contributed by atoms with Gasteiger partial charge in [0.2, 0.25) is 0 Å². The van der Waals surface area contributed by atoms with Crippen LogP contribution in [0, 0.1) is 6.92 Å². The summed E-state index contributed by atoms with van der Waals surface area (Å²) in [6.07, 6.45) is 20.2. The molecule has 0 aliphatic heterocycles. The molecule has 0 saturated heterocycles. The average Bonchev–Trinajstić information content (AvgIpc) is 3.70. The maximum atomic E-state index is 5.91. The van der Waals surface area contributed by atoms with E-state index in [4.69, 9.17) is 24.4 Å². The normalized spacial score (nSPS) is 13.4. The third-order valence-electron chi connectivity index (χ3n) is 10.8. The first kappa shape index (κ1) is 36.7. The largest absolute Gasteiger partial charge is 0.458 e. The van der Waals surface area contributed by atoms with Gasteiger partial charge in [-0.2, -0.15) is 0 Å². The van der Waals surface area contributed by atoms with E-state index in [-0.39, 0.29) is 10.8 Å². The zero-order valence-corrected chi connectivity index (χ0v) is 32.0. The Kier molecular flexibility index (Phi) is 11.8. The van der Waals surface area contributed by atoms with Gasteiger partial charge in [0.15, 0.2) is 17.4 Å². The van der Waals surface area contributed by atoms with Gasteiger partial charge in [-0.15, -0.1) is 0 Å². The Hall–Kier alpha value is -4.12. The second-order valence-electron chi connectivity index (χ2n) is 15.8. The molecule has 1 aliphatic carbocycles. The molecule has 0 amide bonds. The summed E-state index contributed by atoms with van der Waals surface area (Å²) in [5.74, 6) is 3.36. The van der Waals surface area contributed by atoms with Crippen LogP contribution in [0.2, 0.25) is 0 Å². The first-order valence-electron chi connectivity index (χ1n) is 19.8. The van der Waals surface area contributed by atoms with E-state index in [0.29, 0.717) is 17.4 Å². The number of furan rings is 1. The number of benzene rings is 2. The minimum absolute atomic E-state index is 0.0478. The summed E-state index contributed by atoms with van der Waals surface area (Å²) < 4.78 is 5.91. The average molecular weight is 683 g/mol. The van der Waals surface area contributed by atoms with Crippen molar-refractivity contribution in [1.82, 2.24) is 19.9 Å². The first-order chi connectivity index (χ1) is 24.7. The number of fused-ring (bicyclic) bond motifs is 3. The van der Waals surface area contributed by atoms with Crippen LogP contribution in [0.25, 0.3) is 45.4 Å². The molecule has 0 radical (unpaired) electrons. The highest BCUT2D eigenvalue weighted by Gasteiger charge is 2.42. The van der Waals surface area contributed by atoms with E-state index in [9.17, 15) is 0 Å². The quantitative estimate of drug-likeness (QED) is 0.0913. The summed E-state index contributed by atoms with van der Waals surface area (Å²) in [6, 6.07) is 24.4. The summed E-state index contributed by atoms with van der Waals surface area (Å²) >= 11 is 0. The molecule has 0 N–H and O–H groups in total. The maximum absolute atomic E-state index is 5.91. The van der Waals surface area contributed by atoms with Gasteiger partial charge >= 0.3 is 0 Å². The number of aryl methyl sites for hydroxylation is 1. The van der Waals surface area contributed by atoms with Gasteiger partial charge in [-0.3, -0.25) is 4.98 Å². The number of rotatable bonds is 17. The van der Waals surface area contributed by atoms with E-state index in [1.807, 2.05) is 25.3 Å². The molecule has 0 atom stereocenters. The van der Waals surface area contributed by atoms with Gasteiger partial charge < -0.3 is 4.42 Å². The van der Waals surface area contributed by atoms with Crippen molar-refractivity contribution in [2.75, 3.05) is 0 Å². The van der Waals surface area contributed by atoms with Gasteiger partial charge in [-0.25, -0.2) is 15.0 Å². The standard InChI is InChI=1S/C46H58N4O/c1-7-9-11-13-15-19-29-46(30-20-16-14-12-10-8-2)38-22-18-17-21-36(38)37-26-24-34(31-39(37)46)40-27-25-35(32-47-40)42-48-43(41-28-23-33(3)51-41)50-44(49-42)45(4,5)6/h17-18,21-28,31-32H,7-16,19-20,29-30H2,1-6H3. The molecule has 0 unspecified atom stereocenters. The predicted molar refractivity (Wildman–Crippen MR) is 212 cm³/mol. The number of hydrogen-bond acceptors (Lipinski definition) is 5. The lowest BCUT2D eigenvalue weighted by molar-refractivity contribution is 0.398. The fraction of sp³-hybridized carbons (Fsp3) is 0.478. The monoisotopic (exact) mass is 682 g/mol. The van der Waals surface area contributed by atoms with Crippen LogP contribution in [0.15, 0.2) is 77.3 Å². The number of hydrogen-bond donors (Lipinski definition) is 0. The van der Waals surface area contributed by atoms with Crippen molar-refractivity contribution in [2.45, 2.75) is 142 Å². The number of nitrogens with zero attached hydrogens (tertiary/aromatic N) is 4. The van der Waals surface area contributed by atoms with Crippen molar-refractivity contribution >= 4 is 0 Å². The lowest BCUT2D eigenvalue weighted by atomic mass is 9.70. The second kappa shape index (κ2) is 16.5. The minimum Gasteiger partial charge on any atom is -0.458 e. The fourth-order valence-corrected chi connectivity index (χ4v) is 7.89. The smallest absolute Gasteiger partial charge is 0.199 e. The second-order valence-corrected chi connectivity index (χ2v) is 15.8. The van der Waals surface area contributed by atoms with Crippen molar-refractivity contribution in [3.63, 3.8) is 0 Å². The van der Waals surface area contributed by atoms with E-state index >= 15 is 0 Å². The molecule has 5 heteroatoms. The molecular formula is C46H58N4O. The van der Waals surface area contributed by atoms with E-state index in [0.717, 1.165) is 22.8 Å². The van der Waals surface area contributed by atoms with Crippen LogP contribution >= 0.6 is 0 Å². The Morgan fingerprint density at radius 1 is 0.608 bits per heavy atom. The Labute approximate surface area is 306 Å². The third kappa shape index (κ3) is 8.35. The fourth-order valence-electron chi connectivity index (χ4n) is 7.89. The SMILES string of the molecule is CCCCCCCCC1(CCCCCCCC)c2ccccc2-c2ccc(-c3ccc(-c4nc(-c5ccc(C)o5)nc(C(C)(C)C)n4)cn3)cc21. The van der Waals surface area contributed by atoms with Crippen LogP contribution in [0.4, 0.5) is 0 Å². The summed E-state index contributed by atoms with van der Waals surface area (Å²) in [7, 11) is 0. The zero-order valence-electron chi connectivity index (χ0n) is 32.0. The number of pyridine rings is 1. The highest BCUT2D eigenvalue weighted by atomic mass is 16.3. The number of unbranched alkanes of at least 4 members (excludes halogenated alkanes) is 10. The molecule has 1 aliphatic rings. The summed E-state index contributed by atoms with van der Waals surface area (Å²) in [5, 5.41) is 0. The summed E-state index contributed by atoms with van der Waals surface area (Å²) in [5.41, 5.74) is 8.67. The van der Waals surface area contributed by atoms with Gasteiger partial charge in [0.1, 0.15) is 11.6 Å². The van der Waals surface area contributed by atoms with Crippen molar-refractivity contribution in [1.29, 1.82) is 0 Å². The molecular weight excluding hydrogens is 625 g/mol. The van der Waals surface area contributed by atoms with Gasteiger partial charge in [0.05, 0.1) is 5.69 Å². The molecule has 5 nitrogen and oxygen atoms in total. The Morgan fingerprint density at radius 3 is 1.86 bits per heavy atom. The molecule has 0 spiro atoms. The van der Waals surface area contributed by atoms with E-state index in [1.165, 1.54) is 118 Å². The lowest BCUT2D eigenvalue weighted by Crippen LogP contribution is -2.25. The molecule has 268 valence electrons. The van der Waals surface area contributed by atoms with Crippen LogP contribution < -0.4 is 0 Å². The Morgan fingerprint density at radius 2 is 1.24 bits per heavy atom. The summed E-state index contributed by atoms with van der Waals surface area (Å²) in [4.78, 5) is 19.6. The minimum atomic E-state index is -0.249. The lowest BCUT2D eigenvalue weighted by Gasteiger charge is -2.33. The molecule has 0 saturated carbocycles. The number of aromatic nitrogens is 4. The Bertz CT molecular complexity index is 1860. The first-order valence-corrected chi connectivity index (χ1v) is 19.8. The zero-order chi connectivity index (χ0) is 35.8. The van der Waals surface area contributed by atoms with Gasteiger partial charge in [0.25, 0.3) is 0 Å². The van der Waals surface area contributed by atoms with E-state index < -0.39 is 0 Å². The van der Waals surface area contributed by atoms with Crippen LogP contribution in [0.1, 0.15) is 147 Å². The van der Waals surface area contributed by atoms with Crippen molar-refractivity contribution in [2.24, 2.45) is 0 Å². The van der Waals surface area contributed by atoms with Gasteiger partial charge in [-0.1, -0.05) is 148 Å². The molecule has 5 aromatic rings. The Balaban J connectivity index is 1.33. The molecule has 0 fully saturated rings. The molecule has 3 heterocycles. The third-order valence-corrected chi connectivity index (χ3v) is 10.8.